The summed E-state index contributed by atoms with van der Waals surface area (Å²) in [6.45, 7) is 2.21. The van der Waals surface area contributed by atoms with Crippen LogP contribution in [0.3, 0.4) is 0 Å². The molecule has 3 heteroatoms. The van der Waals surface area contributed by atoms with Gasteiger partial charge in [0.1, 0.15) is 0 Å². The number of benzene rings is 1. The Hall–Kier alpha value is -1.01. The van der Waals surface area contributed by atoms with Crippen molar-refractivity contribution in [3.63, 3.8) is 0 Å². The summed E-state index contributed by atoms with van der Waals surface area (Å²) in [5.74, 6) is 0.826. The molecule has 0 bridgehead atoms. The van der Waals surface area contributed by atoms with Crippen molar-refractivity contribution in [2.45, 2.75) is 25.8 Å². The standard InChI is InChI=1S/C12H13BrN2/c1-8(10-3-4-10)15-12-5-2-9(7-14)6-11(12)13/h2,5-6,8,10,15H,3-4H2,1H3. The summed E-state index contributed by atoms with van der Waals surface area (Å²) in [4.78, 5) is 0. The van der Waals surface area contributed by atoms with E-state index < -0.39 is 0 Å². The quantitative estimate of drug-likeness (QED) is 0.907. The van der Waals surface area contributed by atoms with Gasteiger partial charge in [-0.25, -0.2) is 0 Å². The fourth-order valence-corrected chi connectivity index (χ4v) is 2.15. The van der Waals surface area contributed by atoms with Crippen LogP contribution in [0, 0.1) is 17.2 Å². The van der Waals surface area contributed by atoms with Crippen molar-refractivity contribution in [1.29, 1.82) is 5.26 Å². The highest BCUT2D eigenvalue weighted by Gasteiger charge is 2.27. The normalized spacial score (nSPS) is 16.9. The number of rotatable bonds is 3. The van der Waals surface area contributed by atoms with E-state index in [-0.39, 0.29) is 0 Å². The van der Waals surface area contributed by atoms with Crippen LogP contribution in [0.4, 0.5) is 5.69 Å². The van der Waals surface area contributed by atoms with E-state index in [1.54, 1.807) is 0 Å². The molecule has 0 saturated heterocycles. The number of hydrogen-bond donors (Lipinski definition) is 1. The summed E-state index contributed by atoms with van der Waals surface area (Å²) >= 11 is 3.47. The molecular formula is C12H13BrN2. The average molecular weight is 265 g/mol. The predicted molar refractivity (Wildman–Crippen MR) is 64.7 cm³/mol. The molecule has 1 fully saturated rings. The molecule has 2 rings (SSSR count). The van der Waals surface area contributed by atoms with Crippen LogP contribution in [0.15, 0.2) is 22.7 Å². The van der Waals surface area contributed by atoms with Gasteiger partial charge >= 0.3 is 0 Å². The van der Waals surface area contributed by atoms with Crippen molar-refractivity contribution < 1.29 is 0 Å². The highest BCUT2D eigenvalue weighted by molar-refractivity contribution is 9.10. The Morgan fingerprint density at radius 1 is 1.53 bits per heavy atom. The first-order chi connectivity index (χ1) is 7.20. The Labute approximate surface area is 98.4 Å². The molecule has 15 heavy (non-hydrogen) atoms. The van der Waals surface area contributed by atoms with E-state index in [1.165, 1.54) is 12.8 Å². The third kappa shape index (κ3) is 2.51. The van der Waals surface area contributed by atoms with Gasteiger partial charge in [-0.05, 0) is 59.8 Å². The van der Waals surface area contributed by atoms with Crippen LogP contribution in [0.25, 0.3) is 0 Å². The second-order valence-corrected chi connectivity index (χ2v) is 4.93. The van der Waals surface area contributed by atoms with Gasteiger partial charge in [-0.2, -0.15) is 5.26 Å². The first kappa shape index (κ1) is 10.5. The zero-order valence-corrected chi connectivity index (χ0v) is 10.2. The summed E-state index contributed by atoms with van der Waals surface area (Å²) in [5.41, 5.74) is 1.76. The van der Waals surface area contributed by atoms with Crippen molar-refractivity contribution in [1.82, 2.24) is 0 Å². The summed E-state index contributed by atoms with van der Waals surface area (Å²) < 4.78 is 0.967. The van der Waals surface area contributed by atoms with Crippen LogP contribution >= 0.6 is 15.9 Å². The molecule has 0 aromatic heterocycles. The van der Waals surface area contributed by atoms with Crippen LogP contribution < -0.4 is 5.32 Å². The lowest BCUT2D eigenvalue weighted by Crippen LogP contribution is -2.17. The molecule has 1 aliphatic rings. The Kier molecular flexibility index (Phi) is 2.97. The van der Waals surface area contributed by atoms with Crippen molar-refractivity contribution in [3.8, 4) is 6.07 Å². The van der Waals surface area contributed by atoms with Crippen LogP contribution in [-0.4, -0.2) is 6.04 Å². The molecule has 1 aliphatic carbocycles. The number of nitrogens with one attached hydrogen (secondary N) is 1. The fraction of sp³-hybridized carbons (Fsp3) is 0.417. The van der Waals surface area contributed by atoms with Gasteiger partial charge in [0, 0.05) is 16.2 Å². The summed E-state index contributed by atoms with van der Waals surface area (Å²) in [6, 6.07) is 8.30. The fourth-order valence-electron chi connectivity index (χ4n) is 1.66. The van der Waals surface area contributed by atoms with Crippen molar-refractivity contribution >= 4 is 21.6 Å². The van der Waals surface area contributed by atoms with Gasteiger partial charge in [0.05, 0.1) is 11.6 Å². The minimum Gasteiger partial charge on any atom is -0.381 e. The van der Waals surface area contributed by atoms with Crippen molar-refractivity contribution in [2.75, 3.05) is 5.32 Å². The molecule has 0 radical (unpaired) electrons. The van der Waals surface area contributed by atoms with Crippen LogP contribution in [-0.2, 0) is 0 Å². The average Bonchev–Trinajstić information content (AvgIpc) is 3.04. The van der Waals surface area contributed by atoms with Crippen molar-refractivity contribution in [3.05, 3.63) is 28.2 Å². The zero-order chi connectivity index (χ0) is 10.8. The lowest BCUT2D eigenvalue weighted by Gasteiger charge is -2.15. The Balaban J connectivity index is 2.11. The lowest BCUT2D eigenvalue weighted by atomic mass is 10.2. The molecule has 0 aliphatic heterocycles. The van der Waals surface area contributed by atoms with Gasteiger partial charge in [-0.15, -0.1) is 0 Å². The predicted octanol–water partition coefficient (Wildman–Crippen LogP) is 3.53. The molecule has 1 aromatic carbocycles. The first-order valence-corrected chi connectivity index (χ1v) is 5.96. The third-order valence-corrected chi connectivity index (χ3v) is 3.47. The molecule has 78 valence electrons. The SMILES string of the molecule is CC(Nc1ccc(C#N)cc1Br)C1CC1. The molecule has 1 saturated carbocycles. The molecule has 0 amide bonds. The van der Waals surface area contributed by atoms with Crippen LogP contribution in [0.5, 0.6) is 0 Å². The van der Waals surface area contributed by atoms with Crippen molar-refractivity contribution in [2.24, 2.45) is 5.92 Å². The van der Waals surface area contributed by atoms with Gasteiger partial charge in [0.15, 0.2) is 0 Å². The minimum absolute atomic E-state index is 0.522. The summed E-state index contributed by atoms with van der Waals surface area (Å²) in [7, 11) is 0. The maximum atomic E-state index is 8.74. The van der Waals surface area contributed by atoms with Gasteiger partial charge in [0.25, 0.3) is 0 Å². The van der Waals surface area contributed by atoms with Gasteiger partial charge < -0.3 is 5.32 Å². The molecule has 1 unspecified atom stereocenters. The minimum atomic E-state index is 0.522. The highest BCUT2D eigenvalue weighted by atomic mass is 79.9. The molecule has 1 aromatic rings. The van der Waals surface area contributed by atoms with E-state index in [0.29, 0.717) is 11.6 Å². The first-order valence-electron chi connectivity index (χ1n) is 5.17. The number of nitriles is 1. The molecule has 2 nitrogen and oxygen atoms in total. The van der Waals surface area contributed by atoms with E-state index in [1.807, 2.05) is 18.2 Å². The number of halogens is 1. The monoisotopic (exact) mass is 264 g/mol. The number of anilines is 1. The Morgan fingerprint density at radius 2 is 2.27 bits per heavy atom. The number of nitrogens with zero attached hydrogens (tertiary/aromatic N) is 1. The molecule has 0 spiro atoms. The van der Waals surface area contributed by atoms with E-state index in [4.69, 9.17) is 5.26 Å². The smallest absolute Gasteiger partial charge is 0.0992 e. The molecule has 0 heterocycles. The topological polar surface area (TPSA) is 35.8 Å². The molecular weight excluding hydrogens is 252 g/mol. The Morgan fingerprint density at radius 3 is 2.80 bits per heavy atom. The second kappa shape index (κ2) is 4.24. The van der Waals surface area contributed by atoms with E-state index in [9.17, 15) is 0 Å². The summed E-state index contributed by atoms with van der Waals surface area (Å²) in [6.07, 6.45) is 2.67. The molecule has 1 N–H and O–H groups in total. The Bertz CT molecular complexity index is 405. The molecule has 1 atom stereocenters. The van der Waals surface area contributed by atoms with Crippen LogP contribution in [0.1, 0.15) is 25.3 Å². The maximum absolute atomic E-state index is 8.74. The maximum Gasteiger partial charge on any atom is 0.0992 e. The second-order valence-electron chi connectivity index (χ2n) is 4.08. The highest BCUT2D eigenvalue weighted by Crippen LogP contribution is 2.35. The largest absolute Gasteiger partial charge is 0.381 e. The van der Waals surface area contributed by atoms with Gasteiger partial charge in [-0.1, -0.05) is 0 Å². The lowest BCUT2D eigenvalue weighted by molar-refractivity contribution is 0.694. The zero-order valence-electron chi connectivity index (χ0n) is 8.63. The van der Waals surface area contributed by atoms with E-state index >= 15 is 0 Å². The number of hydrogen-bond acceptors (Lipinski definition) is 2. The van der Waals surface area contributed by atoms with Gasteiger partial charge in [-0.3, -0.25) is 0 Å². The van der Waals surface area contributed by atoms with E-state index in [0.717, 1.165) is 16.1 Å². The summed E-state index contributed by atoms with van der Waals surface area (Å²) in [5, 5.41) is 12.2. The third-order valence-electron chi connectivity index (χ3n) is 2.81. The van der Waals surface area contributed by atoms with Gasteiger partial charge in [0.2, 0.25) is 0 Å². The van der Waals surface area contributed by atoms with E-state index in [2.05, 4.69) is 34.2 Å². The van der Waals surface area contributed by atoms with Crippen LogP contribution in [0.2, 0.25) is 0 Å².